The molecule has 0 saturated carbocycles. The van der Waals surface area contributed by atoms with E-state index in [2.05, 4.69) is 10.3 Å². The third kappa shape index (κ3) is 3.30. The number of nitrogens with zero attached hydrogens (tertiary/aromatic N) is 2. The number of nitrogen functional groups attached to an aromatic ring is 1. The second-order valence-corrected chi connectivity index (χ2v) is 4.19. The van der Waals surface area contributed by atoms with Crippen LogP contribution in [0.1, 0.15) is 15.9 Å². The zero-order chi connectivity index (χ0) is 15.4. The van der Waals surface area contributed by atoms with Gasteiger partial charge in [-0.2, -0.15) is 0 Å². The van der Waals surface area contributed by atoms with Crippen molar-refractivity contribution in [3.8, 4) is 0 Å². The van der Waals surface area contributed by atoms with E-state index in [1.807, 2.05) is 0 Å². The highest BCUT2D eigenvalue weighted by atomic mass is 19.1. The first-order valence-electron chi connectivity index (χ1n) is 5.89. The molecule has 0 spiro atoms. The van der Waals surface area contributed by atoms with Gasteiger partial charge in [-0.1, -0.05) is 6.07 Å². The molecule has 0 aliphatic carbocycles. The molecule has 7 nitrogen and oxygen atoms in total. The Morgan fingerprint density at radius 2 is 2.24 bits per heavy atom. The van der Waals surface area contributed by atoms with E-state index in [1.54, 1.807) is 24.5 Å². The largest absolute Gasteiger partial charge is 0.396 e. The summed E-state index contributed by atoms with van der Waals surface area (Å²) >= 11 is 0. The quantitative estimate of drug-likeness (QED) is 0.505. The molecule has 108 valence electrons. The standard InChI is InChI=1S/C13H11FN4O3/c14-10-5-12(18(20)21)9(4-11(10)15)13(19)17-7-8-2-1-3-16-6-8/h1-6H,7,15H2,(H,17,19). The van der Waals surface area contributed by atoms with Crippen molar-refractivity contribution in [2.24, 2.45) is 0 Å². The van der Waals surface area contributed by atoms with Crippen LogP contribution >= 0.6 is 0 Å². The van der Waals surface area contributed by atoms with Crippen LogP contribution in [-0.2, 0) is 6.54 Å². The van der Waals surface area contributed by atoms with E-state index in [0.717, 1.165) is 11.6 Å². The molecule has 0 saturated heterocycles. The number of nitro benzene ring substituents is 1. The molecule has 21 heavy (non-hydrogen) atoms. The van der Waals surface area contributed by atoms with Crippen molar-refractivity contribution in [1.82, 2.24) is 10.3 Å². The van der Waals surface area contributed by atoms with E-state index in [-0.39, 0.29) is 17.8 Å². The number of pyridine rings is 1. The van der Waals surface area contributed by atoms with Crippen LogP contribution in [0.4, 0.5) is 15.8 Å². The van der Waals surface area contributed by atoms with Gasteiger partial charge in [0.25, 0.3) is 11.6 Å². The summed E-state index contributed by atoms with van der Waals surface area (Å²) in [6.45, 7) is 0.140. The number of amides is 1. The average molecular weight is 290 g/mol. The Balaban J connectivity index is 2.22. The van der Waals surface area contributed by atoms with E-state index in [1.165, 1.54) is 0 Å². The number of hydrogen-bond acceptors (Lipinski definition) is 5. The first kappa shape index (κ1) is 14.4. The Morgan fingerprint density at radius 1 is 1.48 bits per heavy atom. The fourth-order valence-corrected chi connectivity index (χ4v) is 1.69. The molecule has 0 radical (unpaired) electrons. The number of benzene rings is 1. The number of carbonyl (C=O) groups is 1. The van der Waals surface area contributed by atoms with Gasteiger partial charge in [0.15, 0.2) is 5.82 Å². The number of halogens is 1. The van der Waals surface area contributed by atoms with Crippen LogP contribution < -0.4 is 11.1 Å². The van der Waals surface area contributed by atoms with Crippen LogP contribution in [-0.4, -0.2) is 15.8 Å². The van der Waals surface area contributed by atoms with Gasteiger partial charge in [0.1, 0.15) is 5.56 Å². The molecule has 2 rings (SSSR count). The number of nitrogens with two attached hydrogens (primary N) is 1. The molecule has 1 aromatic heterocycles. The fraction of sp³-hybridized carbons (Fsp3) is 0.0769. The summed E-state index contributed by atoms with van der Waals surface area (Å²) in [5.41, 5.74) is 4.82. The second-order valence-electron chi connectivity index (χ2n) is 4.19. The fourth-order valence-electron chi connectivity index (χ4n) is 1.69. The third-order valence-corrected chi connectivity index (χ3v) is 2.73. The predicted molar refractivity (Wildman–Crippen MR) is 72.9 cm³/mol. The van der Waals surface area contributed by atoms with Crippen molar-refractivity contribution >= 4 is 17.3 Å². The van der Waals surface area contributed by atoms with Gasteiger partial charge in [0.2, 0.25) is 0 Å². The molecule has 0 bridgehead atoms. The minimum atomic E-state index is -0.939. The van der Waals surface area contributed by atoms with Gasteiger partial charge in [0, 0.05) is 18.9 Å². The molecular formula is C13H11FN4O3. The lowest BCUT2D eigenvalue weighted by atomic mass is 10.1. The Hall–Kier alpha value is -3.03. The number of carbonyl (C=O) groups excluding carboxylic acids is 1. The minimum absolute atomic E-state index is 0.140. The van der Waals surface area contributed by atoms with E-state index in [9.17, 15) is 19.3 Å². The molecule has 1 aromatic carbocycles. The van der Waals surface area contributed by atoms with Crippen LogP contribution in [0.2, 0.25) is 0 Å². The van der Waals surface area contributed by atoms with Crippen LogP contribution in [0, 0.1) is 15.9 Å². The van der Waals surface area contributed by atoms with Crippen molar-refractivity contribution in [2.45, 2.75) is 6.54 Å². The molecule has 1 amide bonds. The Morgan fingerprint density at radius 3 is 2.86 bits per heavy atom. The number of nitro groups is 1. The van der Waals surface area contributed by atoms with Gasteiger partial charge in [-0.15, -0.1) is 0 Å². The van der Waals surface area contributed by atoms with Crippen LogP contribution in [0.15, 0.2) is 36.7 Å². The van der Waals surface area contributed by atoms with Gasteiger partial charge in [-0.05, 0) is 17.7 Å². The minimum Gasteiger partial charge on any atom is -0.396 e. The van der Waals surface area contributed by atoms with Crippen LogP contribution in [0.3, 0.4) is 0 Å². The first-order chi connectivity index (χ1) is 9.99. The highest BCUT2D eigenvalue weighted by Gasteiger charge is 2.22. The van der Waals surface area contributed by atoms with Gasteiger partial charge in [-0.3, -0.25) is 19.9 Å². The summed E-state index contributed by atoms with van der Waals surface area (Å²) in [4.78, 5) is 25.9. The van der Waals surface area contributed by atoms with Gasteiger partial charge in [0.05, 0.1) is 16.7 Å². The summed E-state index contributed by atoms with van der Waals surface area (Å²) in [6, 6.07) is 5.01. The van der Waals surface area contributed by atoms with Gasteiger partial charge < -0.3 is 11.1 Å². The van der Waals surface area contributed by atoms with E-state index in [4.69, 9.17) is 5.73 Å². The molecule has 8 heteroatoms. The van der Waals surface area contributed by atoms with Crippen molar-refractivity contribution in [1.29, 1.82) is 0 Å². The molecule has 0 aliphatic heterocycles. The van der Waals surface area contributed by atoms with Crippen molar-refractivity contribution in [2.75, 3.05) is 5.73 Å². The Kier molecular flexibility index (Phi) is 4.07. The van der Waals surface area contributed by atoms with Crippen LogP contribution in [0.5, 0.6) is 0 Å². The molecule has 0 unspecified atom stereocenters. The van der Waals surface area contributed by atoms with Gasteiger partial charge in [-0.25, -0.2) is 4.39 Å². The second kappa shape index (κ2) is 5.95. The summed E-state index contributed by atoms with van der Waals surface area (Å²) in [5.74, 6) is -1.65. The van der Waals surface area contributed by atoms with Crippen molar-refractivity contribution in [3.05, 3.63) is 63.7 Å². The van der Waals surface area contributed by atoms with Crippen molar-refractivity contribution < 1.29 is 14.1 Å². The van der Waals surface area contributed by atoms with E-state index >= 15 is 0 Å². The SMILES string of the molecule is Nc1cc(C(=O)NCc2cccnc2)c([N+](=O)[O-])cc1F. The Bertz CT molecular complexity index is 691. The molecule has 0 atom stereocenters. The zero-order valence-corrected chi connectivity index (χ0v) is 10.7. The lowest BCUT2D eigenvalue weighted by molar-refractivity contribution is -0.385. The summed E-state index contributed by atoms with van der Waals surface area (Å²) in [6.07, 6.45) is 3.13. The summed E-state index contributed by atoms with van der Waals surface area (Å²) in [5, 5.41) is 13.4. The van der Waals surface area contributed by atoms with E-state index in [0.29, 0.717) is 6.07 Å². The highest BCUT2D eigenvalue weighted by Crippen LogP contribution is 2.24. The normalized spacial score (nSPS) is 10.1. The smallest absolute Gasteiger partial charge is 0.285 e. The monoisotopic (exact) mass is 290 g/mol. The van der Waals surface area contributed by atoms with Gasteiger partial charge >= 0.3 is 0 Å². The molecule has 0 fully saturated rings. The number of hydrogen-bond donors (Lipinski definition) is 2. The van der Waals surface area contributed by atoms with Crippen molar-refractivity contribution in [3.63, 3.8) is 0 Å². The Labute approximate surface area is 118 Å². The molecule has 0 aliphatic rings. The molecular weight excluding hydrogens is 279 g/mol. The molecule has 2 aromatic rings. The first-order valence-corrected chi connectivity index (χ1v) is 5.89. The zero-order valence-electron chi connectivity index (χ0n) is 10.7. The topological polar surface area (TPSA) is 111 Å². The number of aromatic nitrogens is 1. The predicted octanol–water partition coefficient (Wildman–Crippen LogP) is 1.64. The summed E-state index contributed by atoms with van der Waals surface area (Å²) < 4.78 is 13.3. The lowest BCUT2D eigenvalue weighted by Gasteiger charge is -2.07. The van der Waals surface area contributed by atoms with Crippen LogP contribution in [0.25, 0.3) is 0 Å². The maximum Gasteiger partial charge on any atom is 0.285 e. The third-order valence-electron chi connectivity index (χ3n) is 2.73. The molecule has 3 N–H and O–H groups in total. The lowest BCUT2D eigenvalue weighted by Crippen LogP contribution is -2.24. The summed E-state index contributed by atoms with van der Waals surface area (Å²) in [7, 11) is 0. The number of nitrogens with one attached hydrogen (secondary N) is 1. The van der Waals surface area contributed by atoms with E-state index < -0.39 is 22.3 Å². The average Bonchev–Trinajstić information content (AvgIpc) is 2.48. The molecule has 1 heterocycles. The number of rotatable bonds is 4. The highest BCUT2D eigenvalue weighted by molar-refractivity contribution is 5.99. The maximum atomic E-state index is 13.3. The maximum absolute atomic E-state index is 13.3. The number of anilines is 1.